The van der Waals surface area contributed by atoms with Crippen molar-refractivity contribution in [2.75, 3.05) is 46.6 Å². The van der Waals surface area contributed by atoms with Crippen LogP contribution in [0, 0.1) is 5.92 Å². The molecule has 4 heteroatoms. The fourth-order valence-electron chi connectivity index (χ4n) is 3.61. The Morgan fingerprint density at radius 1 is 1.14 bits per heavy atom. The van der Waals surface area contributed by atoms with E-state index in [0.29, 0.717) is 13.2 Å². The molecule has 0 aliphatic heterocycles. The number of methoxy groups -OCH3 is 1. The van der Waals surface area contributed by atoms with Crippen LogP contribution in [0.4, 0.5) is 0 Å². The third-order valence-corrected chi connectivity index (χ3v) is 5.19. The van der Waals surface area contributed by atoms with E-state index in [2.05, 4.69) is 18.7 Å². The van der Waals surface area contributed by atoms with Crippen LogP contribution in [-0.2, 0) is 9.47 Å². The lowest BCUT2D eigenvalue weighted by atomic mass is 9.74. The van der Waals surface area contributed by atoms with E-state index in [1.807, 2.05) is 0 Å². The SMILES string of the molecule is CCC1CCC(CN)(N(CC)CCCOCCOC)CC1. The van der Waals surface area contributed by atoms with Crippen molar-refractivity contribution in [1.82, 2.24) is 4.90 Å². The summed E-state index contributed by atoms with van der Waals surface area (Å²) in [5, 5.41) is 0. The molecule has 0 spiro atoms. The molecule has 0 unspecified atom stereocenters. The minimum Gasteiger partial charge on any atom is -0.382 e. The maximum Gasteiger partial charge on any atom is 0.0700 e. The highest BCUT2D eigenvalue weighted by molar-refractivity contribution is 4.95. The zero-order valence-electron chi connectivity index (χ0n) is 14.4. The summed E-state index contributed by atoms with van der Waals surface area (Å²) in [7, 11) is 1.71. The number of hydrogen-bond acceptors (Lipinski definition) is 4. The van der Waals surface area contributed by atoms with Crippen molar-refractivity contribution in [2.24, 2.45) is 11.7 Å². The molecule has 1 aliphatic carbocycles. The van der Waals surface area contributed by atoms with E-state index in [1.165, 1.54) is 32.1 Å². The van der Waals surface area contributed by atoms with Crippen molar-refractivity contribution in [3.63, 3.8) is 0 Å². The van der Waals surface area contributed by atoms with Crippen molar-refractivity contribution in [1.29, 1.82) is 0 Å². The number of nitrogens with two attached hydrogens (primary N) is 1. The second kappa shape index (κ2) is 10.5. The molecule has 1 fully saturated rings. The molecule has 1 aliphatic rings. The second-order valence-electron chi connectivity index (χ2n) is 6.32. The highest BCUT2D eigenvalue weighted by atomic mass is 16.5. The molecule has 21 heavy (non-hydrogen) atoms. The van der Waals surface area contributed by atoms with Crippen molar-refractivity contribution >= 4 is 0 Å². The topological polar surface area (TPSA) is 47.7 Å². The molecular weight excluding hydrogens is 264 g/mol. The van der Waals surface area contributed by atoms with Gasteiger partial charge in [-0.2, -0.15) is 0 Å². The lowest BCUT2D eigenvalue weighted by Crippen LogP contribution is -2.56. The predicted octanol–water partition coefficient (Wildman–Crippen LogP) is 2.66. The maximum atomic E-state index is 6.18. The normalized spacial score (nSPS) is 26.4. The molecule has 0 aromatic carbocycles. The molecule has 0 heterocycles. The number of nitrogens with zero attached hydrogens (tertiary/aromatic N) is 1. The van der Waals surface area contributed by atoms with Crippen LogP contribution in [-0.4, -0.2) is 57.0 Å². The summed E-state index contributed by atoms with van der Waals surface area (Å²) in [6, 6.07) is 0. The first kappa shape index (κ1) is 18.9. The summed E-state index contributed by atoms with van der Waals surface area (Å²) < 4.78 is 10.6. The zero-order chi connectivity index (χ0) is 15.6. The Bertz CT molecular complexity index is 253. The first-order chi connectivity index (χ1) is 10.2. The molecule has 0 radical (unpaired) electrons. The first-order valence-electron chi connectivity index (χ1n) is 8.74. The van der Waals surface area contributed by atoms with Gasteiger partial charge >= 0.3 is 0 Å². The van der Waals surface area contributed by atoms with Gasteiger partial charge in [-0.1, -0.05) is 20.3 Å². The average molecular weight is 300 g/mol. The van der Waals surface area contributed by atoms with Gasteiger partial charge in [-0.25, -0.2) is 0 Å². The number of likely N-dealkylation sites (N-methyl/N-ethyl adjacent to an activating group) is 1. The highest BCUT2D eigenvalue weighted by Gasteiger charge is 2.37. The smallest absolute Gasteiger partial charge is 0.0700 e. The lowest BCUT2D eigenvalue weighted by molar-refractivity contribution is 0.0285. The third kappa shape index (κ3) is 5.85. The lowest BCUT2D eigenvalue weighted by Gasteiger charge is -2.47. The van der Waals surface area contributed by atoms with Crippen LogP contribution < -0.4 is 5.73 Å². The van der Waals surface area contributed by atoms with E-state index in [4.69, 9.17) is 15.2 Å². The first-order valence-corrected chi connectivity index (χ1v) is 8.74. The van der Waals surface area contributed by atoms with Gasteiger partial charge in [0.1, 0.15) is 0 Å². The number of rotatable bonds is 11. The minimum atomic E-state index is 0.243. The van der Waals surface area contributed by atoms with Crippen LogP contribution in [0.15, 0.2) is 0 Å². The molecule has 0 bridgehead atoms. The van der Waals surface area contributed by atoms with Gasteiger partial charge in [-0.15, -0.1) is 0 Å². The predicted molar refractivity (Wildman–Crippen MR) is 88.6 cm³/mol. The van der Waals surface area contributed by atoms with Crippen LogP contribution in [0.2, 0.25) is 0 Å². The van der Waals surface area contributed by atoms with Crippen LogP contribution >= 0.6 is 0 Å². The summed E-state index contributed by atoms with van der Waals surface area (Å²) in [5.74, 6) is 0.917. The van der Waals surface area contributed by atoms with E-state index in [0.717, 1.165) is 38.6 Å². The van der Waals surface area contributed by atoms with Gasteiger partial charge in [-0.3, -0.25) is 4.90 Å². The Balaban J connectivity index is 2.37. The van der Waals surface area contributed by atoms with E-state index in [-0.39, 0.29) is 5.54 Å². The van der Waals surface area contributed by atoms with E-state index in [1.54, 1.807) is 7.11 Å². The van der Waals surface area contributed by atoms with Gasteiger partial charge in [-0.05, 0) is 44.6 Å². The van der Waals surface area contributed by atoms with E-state index < -0.39 is 0 Å². The van der Waals surface area contributed by atoms with Gasteiger partial charge in [0.25, 0.3) is 0 Å². The van der Waals surface area contributed by atoms with Crippen molar-refractivity contribution in [2.45, 2.75) is 57.9 Å². The van der Waals surface area contributed by atoms with Gasteiger partial charge in [0.15, 0.2) is 0 Å². The quantitative estimate of drug-likeness (QED) is 0.596. The Hall–Kier alpha value is -0.160. The van der Waals surface area contributed by atoms with Crippen molar-refractivity contribution in [3.05, 3.63) is 0 Å². The van der Waals surface area contributed by atoms with Gasteiger partial charge in [0, 0.05) is 32.3 Å². The highest BCUT2D eigenvalue weighted by Crippen LogP contribution is 2.37. The average Bonchev–Trinajstić information content (AvgIpc) is 2.54. The molecular formula is C17H36N2O2. The van der Waals surface area contributed by atoms with Crippen LogP contribution in [0.5, 0.6) is 0 Å². The van der Waals surface area contributed by atoms with Gasteiger partial charge in [0.05, 0.1) is 13.2 Å². The summed E-state index contributed by atoms with van der Waals surface area (Å²) >= 11 is 0. The number of hydrogen-bond donors (Lipinski definition) is 1. The largest absolute Gasteiger partial charge is 0.382 e. The minimum absolute atomic E-state index is 0.243. The molecule has 126 valence electrons. The Morgan fingerprint density at radius 3 is 2.38 bits per heavy atom. The summed E-state index contributed by atoms with van der Waals surface area (Å²) in [6.45, 7) is 9.75. The molecule has 0 aromatic heterocycles. The van der Waals surface area contributed by atoms with E-state index >= 15 is 0 Å². The standard InChI is InChI=1S/C17H36N2O2/c1-4-16-7-9-17(15-18,10-8-16)19(5-2)11-6-12-21-14-13-20-3/h16H,4-15,18H2,1-3H3. The molecule has 0 aromatic rings. The van der Waals surface area contributed by atoms with Crippen LogP contribution in [0.1, 0.15) is 52.4 Å². The summed E-state index contributed by atoms with van der Waals surface area (Å²) in [4.78, 5) is 2.61. The molecule has 4 nitrogen and oxygen atoms in total. The summed E-state index contributed by atoms with van der Waals surface area (Å²) in [6.07, 6.45) is 7.61. The molecule has 0 saturated heterocycles. The molecule has 1 saturated carbocycles. The maximum absolute atomic E-state index is 6.18. The Kier molecular flexibility index (Phi) is 9.49. The second-order valence-corrected chi connectivity index (χ2v) is 6.32. The van der Waals surface area contributed by atoms with Gasteiger partial charge in [0.2, 0.25) is 0 Å². The van der Waals surface area contributed by atoms with Crippen LogP contribution in [0.25, 0.3) is 0 Å². The zero-order valence-corrected chi connectivity index (χ0v) is 14.4. The molecule has 2 N–H and O–H groups in total. The van der Waals surface area contributed by atoms with E-state index in [9.17, 15) is 0 Å². The molecule has 0 amide bonds. The Labute approximate surface area is 131 Å². The number of ether oxygens (including phenoxy) is 2. The Morgan fingerprint density at radius 2 is 1.86 bits per heavy atom. The molecule has 1 rings (SSSR count). The molecule has 0 atom stereocenters. The summed E-state index contributed by atoms with van der Waals surface area (Å²) in [5.41, 5.74) is 6.43. The van der Waals surface area contributed by atoms with Crippen molar-refractivity contribution in [3.8, 4) is 0 Å². The fraction of sp³-hybridized carbons (Fsp3) is 1.00. The third-order valence-electron chi connectivity index (χ3n) is 5.19. The van der Waals surface area contributed by atoms with Crippen molar-refractivity contribution < 1.29 is 9.47 Å². The van der Waals surface area contributed by atoms with Crippen LogP contribution in [0.3, 0.4) is 0 Å². The fourth-order valence-corrected chi connectivity index (χ4v) is 3.61. The van der Waals surface area contributed by atoms with Gasteiger partial charge < -0.3 is 15.2 Å². The monoisotopic (exact) mass is 300 g/mol.